The molecule has 126 valence electrons. The highest BCUT2D eigenvalue weighted by atomic mass is 16.5. The first-order chi connectivity index (χ1) is 11.6. The van der Waals surface area contributed by atoms with Gasteiger partial charge in [0.25, 0.3) is 0 Å². The third-order valence-electron chi connectivity index (χ3n) is 3.57. The molecule has 2 aromatic rings. The predicted molar refractivity (Wildman–Crippen MR) is 95.1 cm³/mol. The lowest BCUT2D eigenvalue weighted by Gasteiger charge is -2.14. The van der Waals surface area contributed by atoms with Crippen molar-refractivity contribution in [3.05, 3.63) is 65.9 Å². The van der Waals surface area contributed by atoms with Crippen LogP contribution in [-0.2, 0) is 0 Å². The first-order valence-electron chi connectivity index (χ1n) is 7.64. The summed E-state index contributed by atoms with van der Waals surface area (Å²) < 4.78 is 10.2. The largest absolute Gasteiger partial charge is 0.497 e. The van der Waals surface area contributed by atoms with Gasteiger partial charge >= 0.3 is 6.03 Å². The number of amides is 2. The van der Waals surface area contributed by atoms with E-state index in [1.165, 1.54) is 0 Å². The van der Waals surface area contributed by atoms with Crippen LogP contribution < -0.4 is 20.1 Å². The van der Waals surface area contributed by atoms with Gasteiger partial charge in [-0.15, -0.1) is 0 Å². The maximum Gasteiger partial charge on any atom is 0.319 e. The maximum absolute atomic E-state index is 11.9. The average molecular weight is 326 g/mol. The number of ether oxygens (including phenoxy) is 2. The minimum atomic E-state index is -0.261. The van der Waals surface area contributed by atoms with E-state index in [1.54, 1.807) is 20.4 Å². The summed E-state index contributed by atoms with van der Waals surface area (Å²) in [5.41, 5.74) is 1.98. The second kappa shape index (κ2) is 8.62. The predicted octanol–water partition coefficient (Wildman–Crippen LogP) is 3.73. The van der Waals surface area contributed by atoms with Gasteiger partial charge in [0.05, 0.1) is 20.3 Å². The van der Waals surface area contributed by atoms with Crippen LogP contribution in [0.3, 0.4) is 0 Å². The Balaban J connectivity index is 1.84. The zero-order valence-electron chi connectivity index (χ0n) is 14.1. The van der Waals surface area contributed by atoms with E-state index in [-0.39, 0.29) is 12.1 Å². The van der Waals surface area contributed by atoms with Crippen molar-refractivity contribution >= 4 is 12.1 Å². The summed E-state index contributed by atoms with van der Waals surface area (Å²) >= 11 is 0. The van der Waals surface area contributed by atoms with Crippen LogP contribution in [0.25, 0.3) is 6.08 Å². The third kappa shape index (κ3) is 5.05. The van der Waals surface area contributed by atoms with Gasteiger partial charge in [0.1, 0.15) is 11.5 Å². The maximum atomic E-state index is 11.9. The summed E-state index contributed by atoms with van der Waals surface area (Å²) in [7, 11) is 3.25. The van der Waals surface area contributed by atoms with E-state index in [2.05, 4.69) is 10.6 Å². The molecule has 2 aromatic carbocycles. The molecule has 0 bridgehead atoms. The van der Waals surface area contributed by atoms with Crippen LogP contribution in [0.5, 0.6) is 11.5 Å². The Kier molecular flexibility index (Phi) is 6.25. The van der Waals surface area contributed by atoms with Crippen LogP contribution in [0.4, 0.5) is 4.79 Å². The lowest BCUT2D eigenvalue weighted by molar-refractivity contribution is 0.241. The van der Waals surface area contributed by atoms with Crippen molar-refractivity contribution in [3.63, 3.8) is 0 Å². The monoisotopic (exact) mass is 326 g/mol. The minimum Gasteiger partial charge on any atom is -0.497 e. The molecule has 0 spiro atoms. The average Bonchev–Trinajstić information content (AvgIpc) is 2.62. The molecular weight excluding hydrogens is 304 g/mol. The van der Waals surface area contributed by atoms with Gasteiger partial charge in [-0.25, -0.2) is 4.79 Å². The molecule has 2 rings (SSSR count). The molecule has 0 saturated carbocycles. The van der Waals surface area contributed by atoms with Crippen LogP contribution in [-0.4, -0.2) is 20.3 Å². The van der Waals surface area contributed by atoms with Crippen LogP contribution in [0.2, 0.25) is 0 Å². The SMILES string of the molecule is COc1ccc(/C=C/NC(=O)NC(C)c2ccc(OC)cc2)cc1. The second-order valence-corrected chi connectivity index (χ2v) is 5.22. The molecule has 5 heteroatoms. The molecule has 1 atom stereocenters. The molecule has 0 radical (unpaired) electrons. The Morgan fingerprint density at radius 2 is 1.50 bits per heavy atom. The van der Waals surface area contributed by atoms with Crippen molar-refractivity contribution in [3.8, 4) is 11.5 Å². The molecule has 0 fully saturated rings. The van der Waals surface area contributed by atoms with Gasteiger partial charge in [-0.3, -0.25) is 0 Å². The first-order valence-corrected chi connectivity index (χ1v) is 7.64. The quantitative estimate of drug-likeness (QED) is 0.850. The Labute approximate surface area is 142 Å². The fourth-order valence-electron chi connectivity index (χ4n) is 2.14. The molecule has 2 amide bonds. The third-order valence-corrected chi connectivity index (χ3v) is 3.57. The standard InChI is InChI=1S/C19H22N2O3/c1-14(16-6-10-18(24-3)11-7-16)21-19(22)20-13-12-15-4-8-17(23-2)9-5-15/h4-14H,1-3H3,(H2,20,21,22)/b13-12+. The fraction of sp³-hybridized carbons (Fsp3) is 0.211. The molecule has 0 saturated heterocycles. The van der Waals surface area contributed by atoms with Gasteiger partial charge in [0.15, 0.2) is 0 Å². The van der Waals surface area contributed by atoms with Crippen LogP contribution in [0.15, 0.2) is 54.7 Å². The van der Waals surface area contributed by atoms with Crippen molar-refractivity contribution in [2.24, 2.45) is 0 Å². The van der Waals surface area contributed by atoms with Crippen molar-refractivity contribution in [1.29, 1.82) is 0 Å². The zero-order chi connectivity index (χ0) is 17.4. The summed E-state index contributed by atoms with van der Waals surface area (Å²) in [4.78, 5) is 11.9. The van der Waals surface area contributed by atoms with Gasteiger partial charge in [0.2, 0.25) is 0 Å². The van der Waals surface area contributed by atoms with Gasteiger partial charge in [-0.1, -0.05) is 24.3 Å². The second-order valence-electron chi connectivity index (χ2n) is 5.22. The molecule has 2 N–H and O–H groups in total. The highest BCUT2D eigenvalue weighted by Crippen LogP contribution is 2.17. The van der Waals surface area contributed by atoms with E-state index in [0.29, 0.717) is 0 Å². The van der Waals surface area contributed by atoms with Crippen molar-refractivity contribution in [1.82, 2.24) is 10.6 Å². The molecule has 0 aliphatic heterocycles. The molecule has 0 aliphatic rings. The van der Waals surface area contributed by atoms with E-state index in [4.69, 9.17) is 9.47 Å². The van der Waals surface area contributed by atoms with Crippen molar-refractivity contribution in [2.45, 2.75) is 13.0 Å². The lowest BCUT2D eigenvalue weighted by Crippen LogP contribution is -2.34. The molecular formula is C19H22N2O3. The highest BCUT2D eigenvalue weighted by Gasteiger charge is 2.08. The van der Waals surface area contributed by atoms with Gasteiger partial charge in [-0.05, 0) is 48.4 Å². The molecule has 0 heterocycles. The Morgan fingerprint density at radius 1 is 0.958 bits per heavy atom. The number of rotatable bonds is 6. The van der Waals surface area contributed by atoms with E-state index in [9.17, 15) is 4.79 Å². The van der Waals surface area contributed by atoms with Crippen LogP contribution in [0, 0.1) is 0 Å². The lowest BCUT2D eigenvalue weighted by atomic mass is 10.1. The fourth-order valence-corrected chi connectivity index (χ4v) is 2.14. The summed E-state index contributed by atoms with van der Waals surface area (Å²) in [5, 5.41) is 5.57. The topological polar surface area (TPSA) is 59.6 Å². The first kappa shape index (κ1) is 17.4. The smallest absolute Gasteiger partial charge is 0.319 e. The van der Waals surface area contributed by atoms with E-state index >= 15 is 0 Å². The summed E-state index contributed by atoms with van der Waals surface area (Å²) in [5.74, 6) is 1.59. The number of hydrogen-bond acceptors (Lipinski definition) is 3. The number of hydrogen-bond donors (Lipinski definition) is 2. The summed E-state index contributed by atoms with van der Waals surface area (Å²) in [6.45, 7) is 1.93. The number of carbonyl (C=O) groups excluding carboxylic acids is 1. The summed E-state index contributed by atoms with van der Waals surface area (Å²) in [6, 6.07) is 14.8. The van der Waals surface area contributed by atoms with E-state index in [1.807, 2.05) is 61.5 Å². The number of methoxy groups -OCH3 is 2. The molecule has 5 nitrogen and oxygen atoms in total. The van der Waals surface area contributed by atoms with Crippen LogP contribution in [0.1, 0.15) is 24.1 Å². The van der Waals surface area contributed by atoms with Gasteiger partial charge in [-0.2, -0.15) is 0 Å². The normalized spacial score (nSPS) is 11.8. The van der Waals surface area contributed by atoms with Gasteiger partial charge in [0, 0.05) is 6.20 Å². The highest BCUT2D eigenvalue weighted by molar-refractivity contribution is 5.76. The molecule has 24 heavy (non-hydrogen) atoms. The van der Waals surface area contributed by atoms with E-state index < -0.39 is 0 Å². The zero-order valence-corrected chi connectivity index (χ0v) is 14.1. The summed E-state index contributed by atoms with van der Waals surface area (Å²) in [6.07, 6.45) is 3.43. The number of urea groups is 1. The Bertz CT molecular complexity index is 679. The van der Waals surface area contributed by atoms with Crippen molar-refractivity contribution in [2.75, 3.05) is 14.2 Å². The number of nitrogens with one attached hydrogen (secondary N) is 2. The van der Waals surface area contributed by atoms with Crippen LogP contribution >= 0.6 is 0 Å². The van der Waals surface area contributed by atoms with Crippen molar-refractivity contribution < 1.29 is 14.3 Å². The molecule has 1 unspecified atom stereocenters. The van der Waals surface area contributed by atoms with Gasteiger partial charge < -0.3 is 20.1 Å². The minimum absolute atomic E-state index is 0.106. The Morgan fingerprint density at radius 3 is 2.04 bits per heavy atom. The number of benzene rings is 2. The Hall–Kier alpha value is -2.95. The van der Waals surface area contributed by atoms with E-state index in [0.717, 1.165) is 22.6 Å². The number of carbonyl (C=O) groups is 1. The molecule has 0 aliphatic carbocycles. The molecule has 0 aromatic heterocycles.